The summed E-state index contributed by atoms with van der Waals surface area (Å²) in [6.07, 6.45) is 2.32. The predicted octanol–water partition coefficient (Wildman–Crippen LogP) is 1.11. The first kappa shape index (κ1) is 39.8. The minimum Gasteiger partial charge on any atom is -0.459 e. The van der Waals surface area contributed by atoms with Crippen molar-refractivity contribution < 1.29 is 55.5 Å². The van der Waals surface area contributed by atoms with Crippen LogP contribution in [-0.4, -0.2) is 113 Å². The van der Waals surface area contributed by atoms with Crippen LogP contribution in [-0.2, 0) is 9.53 Å². The van der Waals surface area contributed by atoms with Crippen LogP contribution < -0.4 is 0 Å². The van der Waals surface area contributed by atoms with Crippen LogP contribution in [0.1, 0.15) is 72.1 Å². The number of cyclic esters (lactones) is 1. The van der Waals surface area contributed by atoms with Crippen LogP contribution in [0.5, 0.6) is 0 Å². The van der Waals surface area contributed by atoms with E-state index in [0.29, 0.717) is 12.0 Å². The number of aliphatic hydroxyl groups is 9. The molecule has 252 valence electrons. The van der Waals surface area contributed by atoms with Crippen LogP contribution in [0.15, 0.2) is 60.3 Å². The summed E-state index contributed by atoms with van der Waals surface area (Å²) in [5.74, 6) is -2.35. The molecule has 1 heterocycles. The summed E-state index contributed by atoms with van der Waals surface area (Å²) in [5, 5.41) is 94.6. The van der Waals surface area contributed by atoms with E-state index < -0.39 is 72.9 Å². The Hall–Kier alpha value is -2.19. The lowest BCUT2D eigenvalue weighted by Gasteiger charge is -2.30. The van der Waals surface area contributed by atoms with Gasteiger partial charge in [-0.05, 0) is 38.7 Å². The molecule has 0 fully saturated rings. The van der Waals surface area contributed by atoms with E-state index in [4.69, 9.17) is 4.74 Å². The fourth-order valence-corrected chi connectivity index (χ4v) is 4.89. The van der Waals surface area contributed by atoms with E-state index in [1.54, 1.807) is 55.5 Å². The van der Waals surface area contributed by atoms with Gasteiger partial charge in [0.25, 0.3) is 0 Å². The number of esters is 1. The van der Waals surface area contributed by atoms with Crippen molar-refractivity contribution in [3.8, 4) is 0 Å². The van der Waals surface area contributed by atoms with E-state index in [9.17, 15) is 50.8 Å². The molecule has 0 aromatic carbocycles. The van der Waals surface area contributed by atoms with Crippen molar-refractivity contribution in [2.24, 2.45) is 5.92 Å². The Balaban J connectivity index is 3.19. The predicted molar refractivity (Wildman–Crippen MR) is 166 cm³/mol. The van der Waals surface area contributed by atoms with Crippen LogP contribution in [0, 0.1) is 5.92 Å². The second-order valence-electron chi connectivity index (χ2n) is 11.6. The maximum absolute atomic E-state index is 13.1. The van der Waals surface area contributed by atoms with E-state index in [0.717, 1.165) is 12.8 Å². The minimum absolute atomic E-state index is 0.206. The lowest BCUT2D eigenvalue weighted by molar-refractivity contribution is -0.168. The molecular formula is C33H54O11. The van der Waals surface area contributed by atoms with Gasteiger partial charge >= 0.3 is 5.97 Å². The normalized spacial score (nSPS) is 39.3. The quantitative estimate of drug-likeness (QED) is 0.156. The summed E-state index contributed by atoms with van der Waals surface area (Å²) < 4.78 is 5.40. The molecule has 11 nitrogen and oxygen atoms in total. The number of unbranched alkanes of at least 4 members (excludes halogenated alkanes) is 2. The van der Waals surface area contributed by atoms with Gasteiger partial charge in [0, 0.05) is 12.8 Å². The van der Waals surface area contributed by atoms with Crippen LogP contribution in [0.4, 0.5) is 0 Å². The largest absolute Gasteiger partial charge is 0.459 e. The average molecular weight is 627 g/mol. The smallest absolute Gasteiger partial charge is 0.314 e. The highest BCUT2D eigenvalue weighted by Gasteiger charge is 2.37. The number of hydrogen-bond acceptors (Lipinski definition) is 11. The van der Waals surface area contributed by atoms with Crippen LogP contribution in [0.3, 0.4) is 0 Å². The van der Waals surface area contributed by atoms with Crippen molar-refractivity contribution in [2.75, 3.05) is 0 Å². The maximum atomic E-state index is 13.1. The van der Waals surface area contributed by atoms with E-state index in [-0.39, 0.29) is 32.1 Å². The van der Waals surface area contributed by atoms with Gasteiger partial charge in [-0.15, -0.1) is 0 Å². The summed E-state index contributed by atoms with van der Waals surface area (Å²) in [5.41, 5.74) is 0.370. The maximum Gasteiger partial charge on any atom is 0.314 e. The molecule has 0 aromatic rings. The summed E-state index contributed by atoms with van der Waals surface area (Å²) in [6, 6.07) is 0. The average Bonchev–Trinajstić information content (AvgIpc) is 2.94. The van der Waals surface area contributed by atoms with Gasteiger partial charge in [-0.1, -0.05) is 80.9 Å². The Bertz CT molecular complexity index is 959. The third-order valence-corrected chi connectivity index (χ3v) is 7.62. The van der Waals surface area contributed by atoms with E-state index >= 15 is 0 Å². The molecule has 0 bridgehead atoms. The number of ether oxygens (including phenoxy) is 1. The molecule has 0 saturated carbocycles. The van der Waals surface area contributed by atoms with Crippen molar-refractivity contribution in [3.63, 3.8) is 0 Å². The molecule has 44 heavy (non-hydrogen) atoms. The van der Waals surface area contributed by atoms with Crippen LogP contribution >= 0.6 is 0 Å². The highest BCUT2D eigenvalue weighted by atomic mass is 16.6. The zero-order chi connectivity index (χ0) is 33.2. The monoisotopic (exact) mass is 626 g/mol. The van der Waals surface area contributed by atoms with Crippen molar-refractivity contribution in [1.29, 1.82) is 0 Å². The number of rotatable bonds is 5. The SMILES string of the molecule is CCCCCC(O)C1C(=O)OC(C)C(O)/C=C/C=C/C=C/C=C/C=C(\C)C(O)C(O)C(O)CC(O)CC(O)CC(O)CC1O. The van der Waals surface area contributed by atoms with Crippen molar-refractivity contribution in [3.05, 3.63) is 60.3 Å². The van der Waals surface area contributed by atoms with Crippen molar-refractivity contribution >= 4 is 5.97 Å². The molecular weight excluding hydrogens is 572 g/mol. The lowest BCUT2D eigenvalue weighted by Crippen LogP contribution is -2.43. The third kappa shape index (κ3) is 15.2. The second-order valence-corrected chi connectivity index (χ2v) is 11.6. The number of aliphatic hydroxyl groups excluding tert-OH is 9. The first-order valence-corrected chi connectivity index (χ1v) is 15.5. The van der Waals surface area contributed by atoms with Gasteiger partial charge in [-0.25, -0.2) is 0 Å². The summed E-state index contributed by atoms with van der Waals surface area (Å²) in [7, 11) is 0. The van der Waals surface area contributed by atoms with E-state index in [1.165, 1.54) is 13.0 Å². The molecule has 0 aromatic heterocycles. The molecule has 11 heteroatoms. The van der Waals surface area contributed by atoms with Crippen molar-refractivity contribution in [1.82, 2.24) is 0 Å². The topological polar surface area (TPSA) is 208 Å². The van der Waals surface area contributed by atoms with Crippen LogP contribution in [0.25, 0.3) is 0 Å². The Morgan fingerprint density at radius 1 is 0.773 bits per heavy atom. The summed E-state index contributed by atoms with van der Waals surface area (Å²) in [6.45, 7) is 5.03. The number of hydrogen-bond donors (Lipinski definition) is 9. The van der Waals surface area contributed by atoms with Gasteiger partial charge in [0.1, 0.15) is 30.3 Å². The van der Waals surface area contributed by atoms with Gasteiger partial charge in [0.15, 0.2) is 0 Å². The molecule has 1 rings (SSSR count). The summed E-state index contributed by atoms with van der Waals surface area (Å²) in [4.78, 5) is 13.1. The second kappa shape index (κ2) is 21.5. The number of carbonyl (C=O) groups is 1. The Kier molecular flexibility index (Phi) is 19.5. The van der Waals surface area contributed by atoms with Gasteiger partial charge < -0.3 is 50.7 Å². The zero-order valence-corrected chi connectivity index (χ0v) is 26.0. The van der Waals surface area contributed by atoms with Gasteiger partial charge in [-0.2, -0.15) is 0 Å². The standard InChI is InChI=1S/C33H54O11/c1-4-5-11-16-27(38)30-28(39)19-24(35)17-23(34)18-25(36)20-29(40)32(42)31(41)21(2)14-12-9-7-6-8-10-13-15-26(37)22(3)44-33(30)43/h6-10,12-15,22-32,34-42H,4-5,11,16-20H2,1-3H3/b7-6+,10-8+,12-9+,15-13+,21-14+. The Labute approximate surface area is 260 Å². The number of allylic oxidation sites excluding steroid dienone is 8. The highest BCUT2D eigenvalue weighted by molar-refractivity contribution is 5.74. The van der Waals surface area contributed by atoms with Crippen LogP contribution in [0.2, 0.25) is 0 Å². The molecule has 0 aliphatic carbocycles. The molecule has 1 aliphatic heterocycles. The fourth-order valence-electron chi connectivity index (χ4n) is 4.89. The van der Waals surface area contributed by atoms with Gasteiger partial charge in [0.2, 0.25) is 0 Å². The number of carbonyl (C=O) groups excluding carboxylic acids is 1. The lowest BCUT2D eigenvalue weighted by atomic mass is 9.87. The van der Waals surface area contributed by atoms with E-state index in [1.807, 2.05) is 6.92 Å². The minimum atomic E-state index is -1.60. The Morgan fingerprint density at radius 2 is 1.30 bits per heavy atom. The summed E-state index contributed by atoms with van der Waals surface area (Å²) >= 11 is 0. The molecule has 11 atom stereocenters. The molecule has 11 unspecified atom stereocenters. The third-order valence-electron chi connectivity index (χ3n) is 7.62. The molecule has 9 N–H and O–H groups in total. The Morgan fingerprint density at radius 3 is 1.89 bits per heavy atom. The molecule has 1 aliphatic rings. The fraction of sp³-hybridized carbons (Fsp3) is 0.667. The molecule has 0 amide bonds. The zero-order valence-electron chi connectivity index (χ0n) is 26.0. The molecule has 0 spiro atoms. The highest BCUT2D eigenvalue weighted by Crippen LogP contribution is 2.24. The first-order chi connectivity index (χ1) is 20.8. The first-order valence-electron chi connectivity index (χ1n) is 15.5. The molecule has 0 saturated heterocycles. The van der Waals surface area contributed by atoms with E-state index in [2.05, 4.69) is 0 Å². The molecule has 0 radical (unpaired) electrons. The van der Waals surface area contributed by atoms with Gasteiger partial charge in [0.05, 0.1) is 36.6 Å². The van der Waals surface area contributed by atoms with Crippen molar-refractivity contribution in [2.45, 2.75) is 133 Å². The van der Waals surface area contributed by atoms with Gasteiger partial charge in [-0.3, -0.25) is 4.79 Å².